The molecule has 11 heteroatoms. The first-order valence-corrected chi connectivity index (χ1v) is 10.8. The van der Waals surface area contributed by atoms with Gasteiger partial charge in [0, 0.05) is 31.0 Å². The highest BCUT2D eigenvalue weighted by Crippen LogP contribution is 2.37. The second kappa shape index (κ2) is 8.98. The first-order valence-electron chi connectivity index (χ1n) is 10.8. The van der Waals surface area contributed by atoms with Crippen LogP contribution in [0.15, 0.2) is 42.9 Å². The first kappa shape index (κ1) is 23.6. The van der Waals surface area contributed by atoms with Gasteiger partial charge in [-0.05, 0) is 43.5 Å². The van der Waals surface area contributed by atoms with Crippen molar-refractivity contribution in [3.8, 4) is 22.8 Å². The van der Waals surface area contributed by atoms with E-state index >= 15 is 0 Å². The lowest BCUT2D eigenvalue weighted by Gasteiger charge is -2.40. The number of nitrogens with two attached hydrogens (primary N) is 2. The van der Waals surface area contributed by atoms with Crippen LogP contribution in [-0.2, 0) is 6.18 Å². The normalized spacial score (nSPS) is 15.9. The van der Waals surface area contributed by atoms with Crippen LogP contribution in [0.3, 0.4) is 0 Å². The molecule has 1 fully saturated rings. The maximum absolute atomic E-state index is 13.5. The summed E-state index contributed by atoms with van der Waals surface area (Å²) in [6.45, 7) is 3.43. The second-order valence-electron chi connectivity index (χ2n) is 8.29. The molecule has 1 amide bonds. The third-order valence-electron chi connectivity index (χ3n) is 6.18. The fourth-order valence-electron chi connectivity index (χ4n) is 4.07. The maximum Gasteiger partial charge on any atom is 0.418 e. The van der Waals surface area contributed by atoms with Crippen molar-refractivity contribution in [1.29, 1.82) is 0 Å². The molecule has 8 nitrogen and oxygen atoms in total. The number of carbonyl (C=O) groups excluding carboxylic acids is 1. The average molecular weight is 471 g/mol. The summed E-state index contributed by atoms with van der Waals surface area (Å²) in [6.07, 6.45) is 1.68. The van der Waals surface area contributed by atoms with Gasteiger partial charge >= 0.3 is 6.18 Å². The van der Waals surface area contributed by atoms with Crippen molar-refractivity contribution in [3.05, 3.63) is 54.1 Å². The lowest BCUT2D eigenvalue weighted by molar-refractivity contribution is -0.137. The molecule has 1 aliphatic rings. The fraction of sp³-hybridized carbons (Fsp3) is 0.348. The number of hydrogen-bond donors (Lipinski definition) is 2. The summed E-state index contributed by atoms with van der Waals surface area (Å²) in [5, 5.41) is 0. The molecule has 0 bridgehead atoms. The van der Waals surface area contributed by atoms with Gasteiger partial charge in [-0.3, -0.25) is 14.8 Å². The summed E-state index contributed by atoms with van der Waals surface area (Å²) in [7, 11) is 0. The number of anilines is 1. The van der Waals surface area contributed by atoms with Gasteiger partial charge in [-0.25, -0.2) is 9.97 Å². The van der Waals surface area contributed by atoms with Crippen molar-refractivity contribution in [1.82, 2.24) is 19.9 Å². The van der Waals surface area contributed by atoms with E-state index in [1.54, 1.807) is 12.3 Å². The fourth-order valence-corrected chi connectivity index (χ4v) is 4.07. The van der Waals surface area contributed by atoms with Crippen LogP contribution < -0.4 is 16.4 Å². The predicted octanol–water partition coefficient (Wildman–Crippen LogP) is 3.43. The minimum atomic E-state index is -4.66. The first-order chi connectivity index (χ1) is 16.1. The van der Waals surface area contributed by atoms with Crippen molar-refractivity contribution in [2.75, 3.05) is 18.0 Å². The number of amides is 1. The van der Waals surface area contributed by atoms with E-state index < -0.39 is 23.3 Å². The Labute approximate surface area is 194 Å². The standard InChI is InChI=1S/C23H24F3N7O/c1-2-22(28)7-11-33(12-8-22)16-6-4-10-30-18(16)19-20(21(27)34)32-15(13-31-19)17-14(23(24,25)26)5-3-9-29-17/h3-6,9-10,13H,2,7-8,11-12,28H2,1H3,(H2,27,34). The third-order valence-corrected chi connectivity index (χ3v) is 6.18. The van der Waals surface area contributed by atoms with Crippen LogP contribution in [0, 0.1) is 0 Å². The number of halogens is 3. The molecule has 1 aliphatic heterocycles. The Morgan fingerprint density at radius 2 is 1.71 bits per heavy atom. The molecule has 4 rings (SSSR count). The van der Waals surface area contributed by atoms with Crippen molar-refractivity contribution in [3.63, 3.8) is 0 Å². The molecule has 0 aliphatic carbocycles. The largest absolute Gasteiger partial charge is 0.418 e. The molecule has 0 radical (unpaired) electrons. The molecule has 1 saturated heterocycles. The molecule has 3 aromatic heterocycles. The molecular formula is C23H24F3N7O. The van der Waals surface area contributed by atoms with E-state index in [-0.39, 0.29) is 22.6 Å². The molecule has 34 heavy (non-hydrogen) atoms. The van der Waals surface area contributed by atoms with E-state index in [1.807, 2.05) is 6.07 Å². The second-order valence-corrected chi connectivity index (χ2v) is 8.29. The lowest BCUT2D eigenvalue weighted by Crippen LogP contribution is -2.50. The van der Waals surface area contributed by atoms with E-state index in [1.165, 1.54) is 12.3 Å². The van der Waals surface area contributed by atoms with Gasteiger partial charge in [0.1, 0.15) is 22.8 Å². The van der Waals surface area contributed by atoms with Gasteiger partial charge < -0.3 is 16.4 Å². The number of pyridine rings is 2. The van der Waals surface area contributed by atoms with E-state index in [2.05, 4.69) is 31.8 Å². The lowest BCUT2D eigenvalue weighted by atomic mass is 9.86. The van der Waals surface area contributed by atoms with Crippen LogP contribution >= 0.6 is 0 Å². The zero-order chi connectivity index (χ0) is 24.5. The van der Waals surface area contributed by atoms with E-state index in [9.17, 15) is 18.0 Å². The molecule has 0 unspecified atom stereocenters. The van der Waals surface area contributed by atoms with Crippen LogP contribution in [0.5, 0.6) is 0 Å². The third kappa shape index (κ3) is 4.56. The highest BCUT2D eigenvalue weighted by atomic mass is 19.4. The van der Waals surface area contributed by atoms with E-state index in [0.717, 1.165) is 37.2 Å². The Hall–Kier alpha value is -3.60. The molecule has 178 valence electrons. The summed E-state index contributed by atoms with van der Waals surface area (Å²) in [6, 6.07) is 5.68. The van der Waals surface area contributed by atoms with Gasteiger partial charge in [-0.15, -0.1) is 0 Å². The van der Waals surface area contributed by atoms with E-state index in [0.29, 0.717) is 18.8 Å². The number of aromatic nitrogens is 4. The molecule has 3 aromatic rings. The Balaban J connectivity index is 1.78. The molecular weight excluding hydrogens is 447 g/mol. The number of piperidine rings is 1. The SMILES string of the molecule is CCC1(N)CCN(c2cccnc2-c2ncc(-c3ncccc3C(F)(F)F)nc2C(N)=O)CC1. The van der Waals surface area contributed by atoms with Gasteiger partial charge in [0.25, 0.3) is 5.91 Å². The molecule has 4 heterocycles. The highest BCUT2D eigenvalue weighted by molar-refractivity contribution is 5.98. The minimum absolute atomic E-state index is 0.0939. The average Bonchev–Trinajstić information content (AvgIpc) is 2.83. The molecule has 0 atom stereocenters. The van der Waals surface area contributed by atoms with Crippen LogP contribution in [0.4, 0.5) is 18.9 Å². The van der Waals surface area contributed by atoms with Gasteiger partial charge in [-0.1, -0.05) is 6.92 Å². The maximum atomic E-state index is 13.5. The topological polar surface area (TPSA) is 124 Å². The van der Waals surface area contributed by atoms with Crippen LogP contribution in [0.25, 0.3) is 22.8 Å². The number of primary amides is 1. The van der Waals surface area contributed by atoms with E-state index in [4.69, 9.17) is 11.5 Å². The smallest absolute Gasteiger partial charge is 0.370 e. The Bertz CT molecular complexity index is 1210. The van der Waals surface area contributed by atoms with Crippen molar-refractivity contribution in [2.24, 2.45) is 11.5 Å². The van der Waals surface area contributed by atoms with Crippen LogP contribution in [0.1, 0.15) is 42.2 Å². The highest BCUT2D eigenvalue weighted by Gasteiger charge is 2.35. The predicted molar refractivity (Wildman–Crippen MR) is 121 cm³/mol. The quantitative estimate of drug-likeness (QED) is 0.584. The van der Waals surface area contributed by atoms with Crippen molar-refractivity contribution in [2.45, 2.75) is 37.9 Å². The molecule has 0 saturated carbocycles. The number of hydrogen-bond acceptors (Lipinski definition) is 7. The minimum Gasteiger partial charge on any atom is -0.370 e. The molecule has 4 N–H and O–H groups in total. The number of alkyl halides is 3. The molecule has 0 aromatic carbocycles. The zero-order valence-electron chi connectivity index (χ0n) is 18.5. The molecule has 0 spiro atoms. The summed E-state index contributed by atoms with van der Waals surface area (Å²) in [5.41, 5.74) is 11.0. The van der Waals surface area contributed by atoms with Gasteiger partial charge in [0.2, 0.25) is 0 Å². The van der Waals surface area contributed by atoms with Crippen molar-refractivity contribution < 1.29 is 18.0 Å². The van der Waals surface area contributed by atoms with Gasteiger partial charge in [-0.2, -0.15) is 13.2 Å². The Morgan fingerprint density at radius 1 is 1.06 bits per heavy atom. The Morgan fingerprint density at radius 3 is 2.32 bits per heavy atom. The zero-order valence-corrected chi connectivity index (χ0v) is 18.5. The number of nitrogens with zero attached hydrogens (tertiary/aromatic N) is 5. The number of rotatable bonds is 5. The number of carbonyl (C=O) groups is 1. The summed E-state index contributed by atoms with van der Waals surface area (Å²) in [4.78, 5) is 31.0. The monoisotopic (exact) mass is 471 g/mol. The van der Waals surface area contributed by atoms with Gasteiger partial charge in [0.05, 0.1) is 17.4 Å². The Kier molecular flexibility index (Phi) is 6.22. The summed E-state index contributed by atoms with van der Waals surface area (Å²) < 4.78 is 40.4. The van der Waals surface area contributed by atoms with Crippen molar-refractivity contribution >= 4 is 11.6 Å². The van der Waals surface area contributed by atoms with Crippen LogP contribution in [0.2, 0.25) is 0 Å². The summed E-state index contributed by atoms with van der Waals surface area (Å²) >= 11 is 0. The summed E-state index contributed by atoms with van der Waals surface area (Å²) in [5.74, 6) is -0.934. The van der Waals surface area contributed by atoms with Gasteiger partial charge in [0.15, 0.2) is 5.69 Å². The van der Waals surface area contributed by atoms with Crippen LogP contribution in [-0.4, -0.2) is 44.5 Å².